The van der Waals surface area contributed by atoms with Crippen molar-refractivity contribution < 1.29 is 14.0 Å². The van der Waals surface area contributed by atoms with Gasteiger partial charge in [-0.25, -0.2) is 13.9 Å². The molecule has 0 saturated carbocycles. The lowest BCUT2D eigenvalue weighted by Gasteiger charge is -2.24. The van der Waals surface area contributed by atoms with Gasteiger partial charge in [-0.3, -0.25) is 19.5 Å². The molecule has 3 heterocycles. The van der Waals surface area contributed by atoms with E-state index in [1.807, 2.05) is 0 Å². The van der Waals surface area contributed by atoms with Crippen molar-refractivity contribution in [1.29, 1.82) is 0 Å². The largest absolute Gasteiger partial charge is 0.366 e. The molecule has 29 heavy (non-hydrogen) atoms. The SMILES string of the molecule is Cc1nc2cc([C@@H]3CCCN3C(=O)c3ccc(C(N)=O)cc3F)[nH]n2c(=O)c1C. The molecule has 1 aliphatic rings. The van der Waals surface area contributed by atoms with E-state index >= 15 is 0 Å². The van der Waals surface area contributed by atoms with Crippen molar-refractivity contribution in [3.8, 4) is 0 Å². The summed E-state index contributed by atoms with van der Waals surface area (Å²) in [6.07, 6.45) is 1.42. The van der Waals surface area contributed by atoms with Crippen LogP contribution in [-0.2, 0) is 0 Å². The summed E-state index contributed by atoms with van der Waals surface area (Å²) < 4.78 is 15.8. The van der Waals surface area contributed by atoms with Gasteiger partial charge >= 0.3 is 0 Å². The Morgan fingerprint density at radius 1 is 1.28 bits per heavy atom. The first kappa shape index (κ1) is 18.9. The minimum atomic E-state index is -0.794. The molecule has 2 amide bonds. The van der Waals surface area contributed by atoms with Crippen LogP contribution in [0.15, 0.2) is 29.1 Å². The molecule has 1 fully saturated rings. The molecule has 1 aliphatic heterocycles. The normalized spacial score (nSPS) is 16.5. The highest BCUT2D eigenvalue weighted by Crippen LogP contribution is 2.33. The van der Waals surface area contributed by atoms with E-state index in [0.29, 0.717) is 35.6 Å². The fourth-order valence-electron chi connectivity index (χ4n) is 3.74. The van der Waals surface area contributed by atoms with Gasteiger partial charge in [0.05, 0.1) is 17.3 Å². The zero-order chi connectivity index (χ0) is 20.9. The number of amides is 2. The highest BCUT2D eigenvalue weighted by Gasteiger charge is 2.33. The van der Waals surface area contributed by atoms with Gasteiger partial charge in [-0.15, -0.1) is 0 Å². The first-order chi connectivity index (χ1) is 13.8. The van der Waals surface area contributed by atoms with Crippen molar-refractivity contribution >= 4 is 17.5 Å². The maximum absolute atomic E-state index is 14.4. The molecule has 0 bridgehead atoms. The molecule has 4 rings (SSSR count). The highest BCUT2D eigenvalue weighted by molar-refractivity contribution is 5.97. The third kappa shape index (κ3) is 3.08. The summed E-state index contributed by atoms with van der Waals surface area (Å²) in [5.74, 6) is -2.03. The standard InChI is InChI=1S/C20H20FN5O3/c1-10-11(2)23-17-9-15(24-26(17)19(10)28)16-4-3-7-25(16)20(29)13-6-5-12(18(22)27)8-14(13)21/h5-6,8-9,16,24H,3-4,7H2,1-2H3,(H2,22,27)/t16-/m0/s1. The Morgan fingerprint density at radius 2 is 2.03 bits per heavy atom. The van der Waals surface area contributed by atoms with Crippen molar-refractivity contribution in [2.45, 2.75) is 32.7 Å². The molecule has 1 saturated heterocycles. The molecule has 3 N–H and O–H groups in total. The van der Waals surface area contributed by atoms with Gasteiger partial charge < -0.3 is 10.6 Å². The Kier molecular flexibility index (Phi) is 4.45. The summed E-state index contributed by atoms with van der Waals surface area (Å²) in [7, 11) is 0. The summed E-state index contributed by atoms with van der Waals surface area (Å²) in [4.78, 5) is 42.7. The first-order valence-electron chi connectivity index (χ1n) is 9.27. The number of likely N-dealkylation sites (tertiary alicyclic amines) is 1. The molecule has 0 spiro atoms. The fourth-order valence-corrected chi connectivity index (χ4v) is 3.74. The van der Waals surface area contributed by atoms with Crippen molar-refractivity contribution in [1.82, 2.24) is 19.5 Å². The zero-order valence-corrected chi connectivity index (χ0v) is 16.0. The molecule has 3 aromatic rings. The number of H-pyrrole nitrogens is 1. The number of primary amides is 1. The lowest BCUT2D eigenvalue weighted by Crippen LogP contribution is -2.31. The molecule has 1 aromatic carbocycles. The number of aryl methyl sites for hydroxylation is 1. The number of aromatic nitrogens is 3. The average Bonchev–Trinajstić information content (AvgIpc) is 3.32. The van der Waals surface area contributed by atoms with Crippen LogP contribution in [-0.4, -0.2) is 37.9 Å². The number of carbonyl (C=O) groups is 2. The van der Waals surface area contributed by atoms with Crippen LogP contribution in [0.1, 0.15) is 56.6 Å². The molecule has 9 heteroatoms. The number of nitrogens with one attached hydrogen (secondary N) is 1. The van der Waals surface area contributed by atoms with Crippen LogP contribution in [0.25, 0.3) is 5.65 Å². The van der Waals surface area contributed by atoms with Crippen LogP contribution in [0.5, 0.6) is 0 Å². The summed E-state index contributed by atoms with van der Waals surface area (Å²) in [6, 6.07) is 4.99. The molecule has 0 unspecified atom stereocenters. The molecule has 150 valence electrons. The number of nitrogens with two attached hydrogens (primary N) is 1. The van der Waals surface area contributed by atoms with E-state index in [0.717, 1.165) is 12.5 Å². The maximum Gasteiger partial charge on any atom is 0.275 e. The summed E-state index contributed by atoms with van der Waals surface area (Å²) in [5.41, 5.74) is 7.19. The number of fused-ring (bicyclic) bond motifs is 1. The quantitative estimate of drug-likeness (QED) is 0.702. The fraction of sp³-hybridized carbons (Fsp3) is 0.300. The number of nitrogens with zero attached hydrogens (tertiary/aromatic N) is 3. The number of rotatable bonds is 3. The van der Waals surface area contributed by atoms with Gasteiger partial charge in [0.1, 0.15) is 5.82 Å². The van der Waals surface area contributed by atoms with E-state index < -0.39 is 17.6 Å². The van der Waals surface area contributed by atoms with Gasteiger partial charge in [0.25, 0.3) is 11.5 Å². The zero-order valence-electron chi connectivity index (χ0n) is 16.0. The molecule has 0 aliphatic carbocycles. The van der Waals surface area contributed by atoms with E-state index in [2.05, 4.69) is 10.1 Å². The Hall–Kier alpha value is -3.49. The number of hydrogen-bond acceptors (Lipinski definition) is 4. The monoisotopic (exact) mass is 397 g/mol. The Balaban J connectivity index is 1.70. The van der Waals surface area contributed by atoms with Crippen molar-refractivity contribution in [2.24, 2.45) is 5.73 Å². The number of benzene rings is 1. The second kappa shape index (κ2) is 6.84. The van der Waals surface area contributed by atoms with Crippen LogP contribution in [0, 0.1) is 19.7 Å². The summed E-state index contributed by atoms with van der Waals surface area (Å²) in [5, 5.41) is 3.04. The molecular formula is C20H20FN5O3. The number of hydrogen-bond donors (Lipinski definition) is 2. The lowest BCUT2D eigenvalue weighted by molar-refractivity contribution is 0.0727. The summed E-state index contributed by atoms with van der Waals surface area (Å²) in [6.45, 7) is 3.94. The number of carbonyl (C=O) groups excluding carboxylic acids is 2. The second-order valence-corrected chi connectivity index (χ2v) is 7.25. The molecule has 2 aromatic heterocycles. The number of aromatic amines is 1. The smallest absolute Gasteiger partial charge is 0.275 e. The first-order valence-corrected chi connectivity index (χ1v) is 9.27. The van der Waals surface area contributed by atoms with Crippen LogP contribution < -0.4 is 11.3 Å². The minimum Gasteiger partial charge on any atom is -0.366 e. The van der Waals surface area contributed by atoms with E-state index in [1.165, 1.54) is 16.6 Å². The third-order valence-electron chi connectivity index (χ3n) is 5.46. The van der Waals surface area contributed by atoms with Gasteiger partial charge in [0.2, 0.25) is 5.91 Å². The van der Waals surface area contributed by atoms with Crippen LogP contribution in [0.2, 0.25) is 0 Å². The molecule has 0 radical (unpaired) electrons. The van der Waals surface area contributed by atoms with Crippen molar-refractivity contribution in [3.05, 3.63) is 68.5 Å². The van der Waals surface area contributed by atoms with Crippen LogP contribution in [0.4, 0.5) is 4.39 Å². The predicted molar refractivity (Wildman–Crippen MR) is 103 cm³/mol. The van der Waals surface area contributed by atoms with Crippen molar-refractivity contribution in [2.75, 3.05) is 6.54 Å². The van der Waals surface area contributed by atoms with Crippen LogP contribution >= 0.6 is 0 Å². The molecule has 8 nitrogen and oxygen atoms in total. The van der Waals surface area contributed by atoms with Crippen LogP contribution in [0.3, 0.4) is 0 Å². The summed E-state index contributed by atoms with van der Waals surface area (Å²) >= 11 is 0. The predicted octanol–water partition coefficient (Wildman–Crippen LogP) is 1.85. The third-order valence-corrected chi connectivity index (χ3v) is 5.46. The molecule has 1 atom stereocenters. The number of halogens is 1. The topological polar surface area (TPSA) is 114 Å². The Labute approximate surface area is 165 Å². The van der Waals surface area contributed by atoms with Gasteiger partial charge in [0.15, 0.2) is 5.65 Å². The second-order valence-electron chi connectivity index (χ2n) is 7.25. The van der Waals surface area contributed by atoms with E-state index in [1.54, 1.807) is 24.8 Å². The Bertz CT molecular complexity index is 1210. The van der Waals surface area contributed by atoms with Gasteiger partial charge in [0, 0.05) is 29.4 Å². The van der Waals surface area contributed by atoms with Crippen molar-refractivity contribution in [3.63, 3.8) is 0 Å². The Morgan fingerprint density at radius 3 is 2.72 bits per heavy atom. The minimum absolute atomic E-state index is 0.00355. The van der Waals surface area contributed by atoms with E-state index in [-0.39, 0.29) is 22.7 Å². The van der Waals surface area contributed by atoms with Gasteiger partial charge in [-0.05, 0) is 44.9 Å². The van der Waals surface area contributed by atoms with E-state index in [4.69, 9.17) is 5.73 Å². The molecular weight excluding hydrogens is 377 g/mol. The maximum atomic E-state index is 14.4. The average molecular weight is 397 g/mol. The van der Waals surface area contributed by atoms with Gasteiger partial charge in [-0.2, -0.15) is 0 Å². The highest BCUT2D eigenvalue weighted by atomic mass is 19.1. The lowest BCUT2D eigenvalue weighted by atomic mass is 10.1. The van der Waals surface area contributed by atoms with Gasteiger partial charge in [-0.1, -0.05) is 0 Å². The van der Waals surface area contributed by atoms with E-state index in [9.17, 15) is 18.8 Å².